The van der Waals surface area contributed by atoms with Crippen LogP contribution in [-0.2, 0) is 16.0 Å². The van der Waals surface area contributed by atoms with Crippen molar-refractivity contribution in [3.63, 3.8) is 0 Å². The van der Waals surface area contributed by atoms with Crippen molar-refractivity contribution in [2.24, 2.45) is 5.41 Å². The maximum Gasteiger partial charge on any atom is 0.235 e. The third-order valence-corrected chi connectivity index (χ3v) is 4.99. The van der Waals surface area contributed by atoms with Crippen molar-refractivity contribution in [2.45, 2.75) is 25.7 Å². The van der Waals surface area contributed by atoms with Crippen molar-refractivity contribution in [3.05, 3.63) is 35.9 Å². The van der Waals surface area contributed by atoms with Crippen LogP contribution in [0.1, 0.15) is 24.8 Å². The van der Waals surface area contributed by atoms with E-state index in [1.807, 2.05) is 6.07 Å². The number of amides is 2. The first-order chi connectivity index (χ1) is 10.1. The van der Waals surface area contributed by atoms with Gasteiger partial charge >= 0.3 is 0 Å². The Morgan fingerprint density at radius 1 is 1.09 bits per heavy atom. The maximum atomic E-state index is 12.3. The van der Waals surface area contributed by atoms with Crippen LogP contribution in [0.2, 0.25) is 0 Å². The van der Waals surface area contributed by atoms with Crippen LogP contribution in [-0.4, -0.2) is 48.3 Å². The number of hydrogen-bond acceptors (Lipinski definition) is 3. The summed E-state index contributed by atoms with van der Waals surface area (Å²) in [6.07, 6.45) is 3.09. The van der Waals surface area contributed by atoms with Crippen molar-refractivity contribution in [1.29, 1.82) is 0 Å². The lowest BCUT2D eigenvalue weighted by Gasteiger charge is -2.37. The summed E-state index contributed by atoms with van der Waals surface area (Å²) >= 11 is 0. The van der Waals surface area contributed by atoms with Crippen LogP contribution in [0.4, 0.5) is 0 Å². The molecule has 0 unspecified atom stereocenters. The largest absolute Gasteiger partial charge is 0.303 e. The molecule has 3 rings (SSSR count). The third-order valence-electron chi connectivity index (χ3n) is 4.99. The standard InChI is InChI=1S/C17H22N2O2.ClH/c1-18-15(20)13-17(16(18)21)8-11-19(12-9-17)10-7-14-5-3-2-4-6-14;/h2-6H,7-13H2,1H3;1H. The average Bonchev–Trinajstić information content (AvgIpc) is 2.72. The van der Waals surface area contributed by atoms with Crippen LogP contribution < -0.4 is 0 Å². The predicted molar refractivity (Wildman–Crippen MR) is 87.9 cm³/mol. The van der Waals surface area contributed by atoms with Crippen LogP contribution in [0.3, 0.4) is 0 Å². The van der Waals surface area contributed by atoms with Gasteiger partial charge in [0.1, 0.15) is 0 Å². The van der Waals surface area contributed by atoms with Crippen LogP contribution in [0.15, 0.2) is 30.3 Å². The van der Waals surface area contributed by atoms with Crippen LogP contribution >= 0.6 is 12.4 Å². The van der Waals surface area contributed by atoms with Crippen molar-refractivity contribution < 1.29 is 9.59 Å². The monoisotopic (exact) mass is 322 g/mol. The molecule has 0 radical (unpaired) electrons. The zero-order chi connectivity index (χ0) is 14.9. The summed E-state index contributed by atoms with van der Waals surface area (Å²) in [6, 6.07) is 10.5. The van der Waals surface area contributed by atoms with Crippen LogP contribution in [0.5, 0.6) is 0 Å². The molecule has 1 aromatic rings. The number of carbonyl (C=O) groups excluding carboxylic acids is 2. The summed E-state index contributed by atoms with van der Waals surface area (Å²) in [4.78, 5) is 27.7. The predicted octanol–water partition coefficient (Wildman–Crippen LogP) is 2.12. The fourth-order valence-corrected chi connectivity index (χ4v) is 3.48. The molecule has 0 aromatic heterocycles. The van der Waals surface area contributed by atoms with Gasteiger partial charge in [-0.1, -0.05) is 30.3 Å². The number of likely N-dealkylation sites (tertiary alicyclic amines) is 2. The molecule has 0 N–H and O–H groups in total. The van der Waals surface area contributed by atoms with Gasteiger partial charge in [0.05, 0.1) is 5.41 Å². The summed E-state index contributed by atoms with van der Waals surface area (Å²) < 4.78 is 0. The topological polar surface area (TPSA) is 40.6 Å². The van der Waals surface area contributed by atoms with E-state index in [1.165, 1.54) is 10.5 Å². The van der Waals surface area contributed by atoms with Gasteiger partial charge < -0.3 is 4.90 Å². The molecule has 2 heterocycles. The van der Waals surface area contributed by atoms with E-state index < -0.39 is 5.41 Å². The molecule has 2 fully saturated rings. The zero-order valence-electron chi connectivity index (χ0n) is 13.0. The minimum atomic E-state index is -0.394. The Bertz CT molecular complexity index is 539. The molecule has 2 amide bonds. The smallest absolute Gasteiger partial charge is 0.235 e. The lowest BCUT2D eigenvalue weighted by atomic mass is 9.77. The van der Waals surface area contributed by atoms with E-state index in [2.05, 4.69) is 29.2 Å². The Morgan fingerprint density at radius 2 is 1.73 bits per heavy atom. The van der Waals surface area contributed by atoms with Gasteiger partial charge in [-0.3, -0.25) is 14.5 Å². The molecule has 2 aliphatic rings. The number of rotatable bonds is 3. The first-order valence-corrected chi connectivity index (χ1v) is 7.68. The molecule has 2 aliphatic heterocycles. The van der Waals surface area contributed by atoms with Gasteiger partial charge in [0.2, 0.25) is 11.8 Å². The molecular formula is C17H23ClN2O2. The number of imide groups is 1. The number of hydrogen-bond donors (Lipinski definition) is 0. The number of nitrogens with zero attached hydrogens (tertiary/aromatic N) is 2. The molecule has 4 nitrogen and oxygen atoms in total. The number of halogens is 1. The fraction of sp³-hybridized carbons (Fsp3) is 0.529. The molecule has 0 atom stereocenters. The Morgan fingerprint density at radius 3 is 2.27 bits per heavy atom. The first-order valence-electron chi connectivity index (χ1n) is 7.68. The molecule has 0 bridgehead atoms. The zero-order valence-corrected chi connectivity index (χ0v) is 13.8. The molecule has 0 aliphatic carbocycles. The highest BCUT2D eigenvalue weighted by Gasteiger charge is 2.50. The first kappa shape index (κ1) is 17.0. The van der Waals surface area contributed by atoms with Gasteiger partial charge in [0.25, 0.3) is 0 Å². The minimum absolute atomic E-state index is 0. The summed E-state index contributed by atoms with van der Waals surface area (Å²) in [5.41, 5.74) is 0.958. The van der Waals surface area contributed by atoms with Crippen molar-refractivity contribution in [2.75, 3.05) is 26.7 Å². The second-order valence-electron chi connectivity index (χ2n) is 6.29. The number of piperidine rings is 1. The van der Waals surface area contributed by atoms with Gasteiger partial charge in [-0.25, -0.2) is 0 Å². The lowest BCUT2D eigenvalue weighted by Crippen LogP contribution is -2.44. The second kappa shape index (κ2) is 6.80. The second-order valence-corrected chi connectivity index (χ2v) is 6.29. The van der Waals surface area contributed by atoms with E-state index >= 15 is 0 Å². The van der Waals surface area contributed by atoms with Crippen molar-refractivity contribution in [3.8, 4) is 0 Å². The van der Waals surface area contributed by atoms with Gasteiger partial charge in [-0.15, -0.1) is 12.4 Å². The van der Waals surface area contributed by atoms with E-state index in [4.69, 9.17) is 0 Å². The van der Waals surface area contributed by atoms with Crippen molar-refractivity contribution >= 4 is 24.2 Å². The van der Waals surface area contributed by atoms with Crippen molar-refractivity contribution in [1.82, 2.24) is 9.80 Å². The Hall–Kier alpha value is -1.39. The van der Waals surface area contributed by atoms with E-state index in [0.717, 1.165) is 38.9 Å². The minimum Gasteiger partial charge on any atom is -0.303 e. The summed E-state index contributed by atoms with van der Waals surface area (Å²) in [5, 5.41) is 0. The summed E-state index contributed by atoms with van der Waals surface area (Å²) in [7, 11) is 1.61. The molecule has 5 heteroatoms. The van der Waals surface area contributed by atoms with E-state index in [1.54, 1.807) is 7.05 Å². The summed E-state index contributed by atoms with van der Waals surface area (Å²) in [6.45, 7) is 2.86. The molecule has 1 aromatic carbocycles. The van der Waals surface area contributed by atoms with E-state index in [0.29, 0.717) is 6.42 Å². The van der Waals surface area contributed by atoms with Crippen LogP contribution in [0.25, 0.3) is 0 Å². The quantitative estimate of drug-likeness (QED) is 0.800. The normalized spacial score (nSPS) is 21.2. The maximum absolute atomic E-state index is 12.3. The molecule has 120 valence electrons. The Kier molecular flexibility index (Phi) is 5.24. The van der Waals surface area contributed by atoms with Gasteiger partial charge in [-0.2, -0.15) is 0 Å². The molecular weight excluding hydrogens is 300 g/mol. The Balaban J connectivity index is 0.00000176. The molecule has 1 spiro atoms. The van der Waals surface area contributed by atoms with Gasteiger partial charge in [0.15, 0.2) is 0 Å². The highest BCUT2D eigenvalue weighted by Crippen LogP contribution is 2.41. The van der Waals surface area contributed by atoms with E-state index in [-0.39, 0.29) is 24.2 Å². The Labute approximate surface area is 137 Å². The van der Waals surface area contributed by atoms with Gasteiger partial charge in [-0.05, 0) is 37.9 Å². The fourth-order valence-electron chi connectivity index (χ4n) is 3.48. The lowest BCUT2D eigenvalue weighted by molar-refractivity contribution is -0.141. The highest BCUT2D eigenvalue weighted by atomic mass is 35.5. The SMILES string of the molecule is CN1C(=O)CC2(CCN(CCc3ccccc3)CC2)C1=O.Cl. The van der Waals surface area contributed by atoms with Gasteiger partial charge in [0, 0.05) is 20.0 Å². The summed E-state index contributed by atoms with van der Waals surface area (Å²) in [5.74, 6) is 0.0212. The third kappa shape index (κ3) is 3.18. The number of carbonyl (C=O) groups is 2. The van der Waals surface area contributed by atoms with E-state index in [9.17, 15) is 9.59 Å². The molecule has 0 saturated carbocycles. The number of benzene rings is 1. The average molecular weight is 323 g/mol. The van der Waals surface area contributed by atoms with Crippen LogP contribution in [0, 0.1) is 5.41 Å². The molecule has 2 saturated heterocycles. The highest BCUT2D eigenvalue weighted by molar-refractivity contribution is 6.05. The molecule has 22 heavy (non-hydrogen) atoms.